The number of amides is 1. The molecule has 0 aliphatic heterocycles. The number of aryl methyl sites for hydroxylation is 1. The molecular weight excluding hydrogens is 248 g/mol. The summed E-state index contributed by atoms with van der Waals surface area (Å²) in [6.45, 7) is 8.19. The van der Waals surface area contributed by atoms with Crippen molar-refractivity contribution in [3.05, 3.63) is 29.3 Å². The topological polar surface area (TPSA) is 32.3 Å². The molecule has 1 aliphatic rings. The van der Waals surface area contributed by atoms with Gasteiger partial charge in [0.25, 0.3) is 5.91 Å². The number of benzene rings is 1. The second kappa shape index (κ2) is 6.78. The summed E-state index contributed by atoms with van der Waals surface area (Å²) in [5.74, 6) is 0.194. The van der Waals surface area contributed by atoms with E-state index in [2.05, 4.69) is 26.1 Å². The molecule has 3 heteroatoms. The Hall–Kier alpha value is -1.51. The molecule has 0 saturated heterocycles. The lowest BCUT2D eigenvalue weighted by Gasteiger charge is -2.22. The Kier molecular flexibility index (Phi) is 5.05. The van der Waals surface area contributed by atoms with Crippen LogP contribution >= 0.6 is 0 Å². The molecule has 1 amide bonds. The van der Waals surface area contributed by atoms with Gasteiger partial charge in [-0.25, -0.2) is 0 Å². The largest absolute Gasteiger partial charge is 0.385 e. The molecule has 1 aromatic rings. The molecule has 1 saturated carbocycles. The van der Waals surface area contributed by atoms with E-state index in [1.807, 2.05) is 23.1 Å². The van der Waals surface area contributed by atoms with E-state index >= 15 is 0 Å². The van der Waals surface area contributed by atoms with Crippen molar-refractivity contribution in [1.29, 1.82) is 0 Å². The highest BCUT2D eigenvalue weighted by atomic mass is 16.2. The number of rotatable bonds is 7. The van der Waals surface area contributed by atoms with E-state index in [1.165, 1.54) is 12.8 Å². The minimum atomic E-state index is 0.194. The molecule has 1 fully saturated rings. The molecule has 1 N–H and O–H groups in total. The summed E-state index contributed by atoms with van der Waals surface area (Å²) in [4.78, 5) is 14.6. The SMILES string of the molecule is CCCNc1ccc(C(=O)N(CCC)C2CC2)cc1C. The van der Waals surface area contributed by atoms with Crippen molar-refractivity contribution in [3.63, 3.8) is 0 Å². The highest BCUT2D eigenvalue weighted by molar-refractivity contribution is 5.95. The van der Waals surface area contributed by atoms with Crippen molar-refractivity contribution in [1.82, 2.24) is 4.90 Å². The van der Waals surface area contributed by atoms with Crippen molar-refractivity contribution < 1.29 is 4.79 Å². The molecule has 0 aromatic heterocycles. The third-order valence-electron chi connectivity index (χ3n) is 3.75. The van der Waals surface area contributed by atoms with Crippen LogP contribution in [0, 0.1) is 6.92 Å². The molecule has 0 atom stereocenters. The van der Waals surface area contributed by atoms with Gasteiger partial charge in [-0.05, 0) is 56.4 Å². The van der Waals surface area contributed by atoms with Gasteiger partial charge in [0, 0.05) is 30.4 Å². The number of hydrogen-bond acceptors (Lipinski definition) is 2. The summed E-state index contributed by atoms with van der Waals surface area (Å²) in [7, 11) is 0. The van der Waals surface area contributed by atoms with Crippen molar-refractivity contribution in [2.24, 2.45) is 0 Å². The quantitative estimate of drug-likeness (QED) is 0.819. The maximum atomic E-state index is 12.6. The van der Waals surface area contributed by atoms with Crippen molar-refractivity contribution in [3.8, 4) is 0 Å². The standard InChI is InChI=1S/C17H26N2O/c1-4-10-18-16-9-6-14(12-13(16)3)17(20)19(11-5-2)15-7-8-15/h6,9,12,15,18H,4-5,7-8,10-11H2,1-3H3. The Morgan fingerprint density at radius 1 is 1.30 bits per heavy atom. The molecule has 0 unspecified atom stereocenters. The fraction of sp³-hybridized carbons (Fsp3) is 0.588. The predicted molar refractivity (Wildman–Crippen MR) is 84.3 cm³/mol. The molecule has 0 radical (unpaired) electrons. The second-order valence-electron chi connectivity index (χ2n) is 5.69. The molecule has 1 aliphatic carbocycles. The number of nitrogens with zero attached hydrogens (tertiary/aromatic N) is 1. The molecule has 1 aromatic carbocycles. The van der Waals surface area contributed by atoms with Gasteiger partial charge in [0.1, 0.15) is 0 Å². The summed E-state index contributed by atoms with van der Waals surface area (Å²) in [6.07, 6.45) is 4.46. The number of carbonyl (C=O) groups is 1. The lowest BCUT2D eigenvalue weighted by Crippen LogP contribution is -2.33. The first kappa shape index (κ1) is 14.9. The van der Waals surface area contributed by atoms with E-state index in [0.717, 1.165) is 42.7 Å². The zero-order valence-corrected chi connectivity index (χ0v) is 12.9. The number of hydrogen-bond donors (Lipinski definition) is 1. The van der Waals surface area contributed by atoms with E-state index in [1.54, 1.807) is 0 Å². The van der Waals surface area contributed by atoms with Crippen LogP contribution < -0.4 is 5.32 Å². The summed E-state index contributed by atoms with van der Waals surface area (Å²) in [5.41, 5.74) is 3.11. The van der Waals surface area contributed by atoms with E-state index in [9.17, 15) is 4.79 Å². The highest BCUT2D eigenvalue weighted by Crippen LogP contribution is 2.29. The zero-order valence-electron chi connectivity index (χ0n) is 12.9. The van der Waals surface area contributed by atoms with E-state index in [0.29, 0.717) is 6.04 Å². The smallest absolute Gasteiger partial charge is 0.254 e. The van der Waals surface area contributed by atoms with Crippen LogP contribution in [0.4, 0.5) is 5.69 Å². The Bertz CT molecular complexity index is 466. The highest BCUT2D eigenvalue weighted by Gasteiger charge is 2.32. The predicted octanol–water partition coefficient (Wildman–Crippen LogP) is 3.83. The van der Waals surface area contributed by atoms with Crippen molar-refractivity contribution in [2.75, 3.05) is 18.4 Å². The van der Waals surface area contributed by atoms with Crippen LogP contribution in [-0.2, 0) is 0 Å². The van der Waals surface area contributed by atoms with Gasteiger partial charge in [-0.3, -0.25) is 4.79 Å². The first-order valence-corrected chi connectivity index (χ1v) is 7.82. The lowest BCUT2D eigenvalue weighted by atomic mass is 10.1. The lowest BCUT2D eigenvalue weighted by molar-refractivity contribution is 0.0743. The van der Waals surface area contributed by atoms with Crippen LogP contribution in [0.1, 0.15) is 55.5 Å². The fourth-order valence-corrected chi connectivity index (χ4v) is 2.50. The van der Waals surface area contributed by atoms with Crippen LogP contribution in [-0.4, -0.2) is 29.9 Å². The van der Waals surface area contributed by atoms with Gasteiger partial charge >= 0.3 is 0 Å². The molecule has 0 spiro atoms. The minimum absolute atomic E-state index is 0.194. The molecule has 110 valence electrons. The molecule has 2 rings (SSSR count). The Balaban J connectivity index is 2.11. The summed E-state index contributed by atoms with van der Waals surface area (Å²) in [6, 6.07) is 6.50. The number of nitrogens with one attached hydrogen (secondary N) is 1. The maximum absolute atomic E-state index is 12.6. The fourth-order valence-electron chi connectivity index (χ4n) is 2.50. The third-order valence-corrected chi connectivity index (χ3v) is 3.75. The van der Waals surface area contributed by atoms with E-state index < -0.39 is 0 Å². The van der Waals surface area contributed by atoms with Crippen LogP contribution in [0.2, 0.25) is 0 Å². The van der Waals surface area contributed by atoms with Crippen molar-refractivity contribution in [2.45, 2.75) is 52.5 Å². The Morgan fingerprint density at radius 2 is 2.05 bits per heavy atom. The van der Waals surface area contributed by atoms with Gasteiger partial charge in [0.05, 0.1) is 0 Å². The first-order valence-electron chi connectivity index (χ1n) is 7.82. The van der Waals surface area contributed by atoms with Crippen LogP contribution in [0.15, 0.2) is 18.2 Å². The summed E-state index contributed by atoms with van der Waals surface area (Å²) < 4.78 is 0. The van der Waals surface area contributed by atoms with Gasteiger partial charge in [-0.2, -0.15) is 0 Å². The summed E-state index contributed by atoms with van der Waals surface area (Å²) in [5, 5.41) is 3.39. The third kappa shape index (κ3) is 3.53. The Morgan fingerprint density at radius 3 is 2.60 bits per heavy atom. The average molecular weight is 274 g/mol. The van der Waals surface area contributed by atoms with Gasteiger partial charge in [0.2, 0.25) is 0 Å². The van der Waals surface area contributed by atoms with Gasteiger partial charge in [0.15, 0.2) is 0 Å². The second-order valence-corrected chi connectivity index (χ2v) is 5.69. The first-order chi connectivity index (χ1) is 9.67. The normalized spacial score (nSPS) is 14.2. The minimum Gasteiger partial charge on any atom is -0.385 e. The van der Waals surface area contributed by atoms with E-state index in [4.69, 9.17) is 0 Å². The zero-order chi connectivity index (χ0) is 14.5. The molecule has 0 bridgehead atoms. The number of carbonyl (C=O) groups excluding carboxylic acids is 1. The molecular formula is C17H26N2O. The Labute approximate surface area is 122 Å². The van der Waals surface area contributed by atoms with Gasteiger partial charge < -0.3 is 10.2 Å². The van der Waals surface area contributed by atoms with Crippen LogP contribution in [0.3, 0.4) is 0 Å². The van der Waals surface area contributed by atoms with Crippen LogP contribution in [0.5, 0.6) is 0 Å². The van der Waals surface area contributed by atoms with Crippen molar-refractivity contribution >= 4 is 11.6 Å². The molecule has 0 heterocycles. The van der Waals surface area contributed by atoms with Gasteiger partial charge in [-0.15, -0.1) is 0 Å². The molecule has 20 heavy (non-hydrogen) atoms. The number of anilines is 1. The average Bonchev–Trinajstić information content (AvgIpc) is 3.27. The summed E-state index contributed by atoms with van der Waals surface area (Å²) >= 11 is 0. The molecule has 3 nitrogen and oxygen atoms in total. The van der Waals surface area contributed by atoms with Crippen LogP contribution in [0.25, 0.3) is 0 Å². The maximum Gasteiger partial charge on any atom is 0.254 e. The van der Waals surface area contributed by atoms with Gasteiger partial charge in [-0.1, -0.05) is 13.8 Å². The monoisotopic (exact) mass is 274 g/mol. The van der Waals surface area contributed by atoms with E-state index in [-0.39, 0.29) is 5.91 Å².